The van der Waals surface area contributed by atoms with Crippen LogP contribution in [0.2, 0.25) is 0 Å². The van der Waals surface area contributed by atoms with Gasteiger partial charge in [-0.25, -0.2) is 4.39 Å². The Morgan fingerprint density at radius 2 is 2.10 bits per heavy atom. The van der Waals surface area contributed by atoms with E-state index >= 15 is 0 Å². The first-order valence-electron chi connectivity index (χ1n) is 6.40. The molecule has 0 saturated heterocycles. The van der Waals surface area contributed by atoms with Gasteiger partial charge in [0.1, 0.15) is 11.4 Å². The molecule has 1 amide bonds. The molecular weight excluding hydrogens is 271 g/mol. The standard InChI is InChI=1S/C14H16F3NO2/c1-9-3-4-10(7-11(9)15)8-18-12(19)14(16,17)13(20)5-2-6-13/h3-4,7,20H,2,5-6,8H2,1H3,(H,18,19). The Balaban J connectivity index is 1.99. The molecule has 2 rings (SSSR count). The maximum Gasteiger partial charge on any atom is 0.352 e. The summed E-state index contributed by atoms with van der Waals surface area (Å²) in [6.45, 7) is 1.37. The lowest BCUT2D eigenvalue weighted by molar-refractivity contribution is -0.216. The van der Waals surface area contributed by atoms with Crippen LogP contribution in [0.4, 0.5) is 13.2 Å². The SMILES string of the molecule is Cc1ccc(CNC(=O)C(F)(F)C2(O)CCC2)cc1F. The Labute approximate surface area is 114 Å². The molecular formula is C14H16F3NO2. The molecule has 0 heterocycles. The number of amides is 1. The topological polar surface area (TPSA) is 49.3 Å². The maximum absolute atomic E-state index is 13.8. The Kier molecular flexibility index (Phi) is 3.77. The number of hydrogen-bond donors (Lipinski definition) is 2. The van der Waals surface area contributed by atoms with E-state index in [-0.39, 0.29) is 19.4 Å². The van der Waals surface area contributed by atoms with Crippen molar-refractivity contribution in [2.75, 3.05) is 0 Å². The summed E-state index contributed by atoms with van der Waals surface area (Å²) < 4.78 is 40.8. The molecule has 2 N–H and O–H groups in total. The van der Waals surface area contributed by atoms with Gasteiger partial charge < -0.3 is 10.4 Å². The van der Waals surface area contributed by atoms with Gasteiger partial charge >= 0.3 is 5.92 Å². The number of benzene rings is 1. The molecule has 6 heteroatoms. The quantitative estimate of drug-likeness (QED) is 0.892. The van der Waals surface area contributed by atoms with Gasteiger partial charge in [-0.05, 0) is 43.4 Å². The van der Waals surface area contributed by atoms with E-state index in [2.05, 4.69) is 0 Å². The molecule has 0 bridgehead atoms. The normalized spacial score (nSPS) is 17.4. The molecule has 1 aliphatic carbocycles. The van der Waals surface area contributed by atoms with Gasteiger partial charge in [0.05, 0.1) is 0 Å². The number of aliphatic hydroxyl groups is 1. The molecule has 0 spiro atoms. The van der Waals surface area contributed by atoms with E-state index in [1.54, 1.807) is 13.0 Å². The van der Waals surface area contributed by atoms with E-state index in [4.69, 9.17) is 0 Å². The minimum absolute atomic E-state index is 0.0907. The summed E-state index contributed by atoms with van der Waals surface area (Å²) >= 11 is 0. The number of halogens is 3. The van der Waals surface area contributed by atoms with Crippen molar-refractivity contribution in [3.05, 3.63) is 35.1 Å². The smallest absolute Gasteiger partial charge is 0.352 e. The van der Waals surface area contributed by atoms with E-state index in [0.29, 0.717) is 17.5 Å². The zero-order chi connectivity index (χ0) is 15.0. The minimum atomic E-state index is -3.82. The summed E-state index contributed by atoms with van der Waals surface area (Å²) in [6, 6.07) is 4.25. The van der Waals surface area contributed by atoms with Crippen molar-refractivity contribution in [1.82, 2.24) is 5.32 Å². The zero-order valence-electron chi connectivity index (χ0n) is 11.0. The van der Waals surface area contributed by atoms with Crippen molar-refractivity contribution >= 4 is 5.91 Å². The maximum atomic E-state index is 13.8. The van der Waals surface area contributed by atoms with Gasteiger partial charge in [0, 0.05) is 6.54 Å². The summed E-state index contributed by atoms with van der Waals surface area (Å²) in [5.41, 5.74) is -1.41. The highest BCUT2D eigenvalue weighted by Gasteiger charge is 2.61. The van der Waals surface area contributed by atoms with Crippen LogP contribution in [-0.2, 0) is 11.3 Å². The average Bonchev–Trinajstić information content (AvgIpc) is 2.36. The molecule has 0 atom stereocenters. The highest BCUT2D eigenvalue weighted by Crippen LogP contribution is 2.44. The summed E-state index contributed by atoms with van der Waals surface area (Å²) in [4.78, 5) is 11.5. The number of rotatable bonds is 4. The van der Waals surface area contributed by atoms with Crippen LogP contribution in [0.1, 0.15) is 30.4 Å². The lowest BCUT2D eigenvalue weighted by Crippen LogP contribution is -2.60. The highest BCUT2D eigenvalue weighted by atomic mass is 19.3. The number of nitrogens with one attached hydrogen (secondary N) is 1. The van der Waals surface area contributed by atoms with Gasteiger partial charge in [-0.2, -0.15) is 8.78 Å². The van der Waals surface area contributed by atoms with Crippen molar-refractivity contribution in [2.24, 2.45) is 0 Å². The summed E-state index contributed by atoms with van der Waals surface area (Å²) in [6.07, 6.45) is 0.293. The number of carbonyl (C=O) groups excluding carboxylic acids is 1. The molecule has 1 aliphatic rings. The molecule has 1 aromatic carbocycles. The van der Waals surface area contributed by atoms with Crippen LogP contribution in [0.15, 0.2) is 18.2 Å². The largest absolute Gasteiger partial charge is 0.383 e. The van der Waals surface area contributed by atoms with Crippen LogP contribution in [-0.4, -0.2) is 22.5 Å². The summed E-state index contributed by atoms with van der Waals surface area (Å²) in [7, 11) is 0. The first kappa shape index (κ1) is 14.8. The van der Waals surface area contributed by atoms with Gasteiger partial charge in [-0.15, -0.1) is 0 Å². The lowest BCUT2D eigenvalue weighted by atomic mass is 9.75. The van der Waals surface area contributed by atoms with Gasteiger partial charge in [0.2, 0.25) is 0 Å². The van der Waals surface area contributed by atoms with Crippen LogP contribution in [0, 0.1) is 12.7 Å². The minimum Gasteiger partial charge on any atom is -0.383 e. The van der Waals surface area contributed by atoms with E-state index in [1.807, 2.05) is 5.32 Å². The van der Waals surface area contributed by atoms with Crippen LogP contribution >= 0.6 is 0 Å². The highest BCUT2D eigenvalue weighted by molar-refractivity contribution is 5.85. The number of hydrogen-bond acceptors (Lipinski definition) is 2. The lowest BCUT2D eigenvalue weighted by Gasteiger charge is -2.41. The Morgan fingerprint density at radius 1 is 1.45 bits per heavy atom. The fourth-order valence-corrected chi connectivity index (χ4v) is 2.08. The van der Waals surface area contributed by atoms with Crippen LogP contribution in [0.25, 0.3) is 0 Å². The first-order valence-corrected chi connectivity index (χ1v) is 6.40. The molecule has 20 heavy (non-hydrogen) atoms. The average molecular weight is 287 g/mol. The Morgan fingerprint density at radius 3 is 2.60 bits per heavy atom. The van der Waals surface area contributed by atoms with Gasteiger partial charge in [0.15, 0.2) is 0 Å². The van der Waals surface area contributed by atoms with E-state index in [9.17, 15) is 23.1 Å². The van der Waals surface area contributed by atoms with E-state index < -0.39 is 23.2 Å². The van der Waals surface area contributed by atoms with Gasteiger partial charge in [-0.1, -0.05) is 12.1 Å². The predicted molar refractivity (Wildman–Crippen MR) is 66.7 cm³/mol. The van der Waals surface area contributed by atoms with Crippen LogP contribution < -0.4 is 5.32 Å². The molecule has 0 aromatic heterocycles. The Hall–Kier alpha value is -1.56. The summed E-state index contributed by atoms with van der Waals surface area (Å²) in [5, 5.41) is 11.7. The van der Waals surface area contributed by atoms with Crippen molar-refractivity contribution in [3.8, 4) is 0 Å². The molecule has 110 valence electrons. The number of alkyl halides is 2. The molecule has 1 fully saturated rings. The molecule has 1 saturated carbocycles. The second-order valence-corrected chi connectivity index (χ2v) is 5.23. The van der Waals surface area contributed by atoms with Crippen molar-refractivity contribution in [3.63, 3.8) is 0 Å². The second kappa shape index (κ2) is 5.09. The molecule has 0 unspecified atom stereocenters. The van der Waals surface area contributed by atoms with Crippen molar-refractivity contribution in [2.45, 2.75) is 44.3 Å². The van der Waals surface area contributed by atoms with E-state index in [0.717, 1.165) is 0 Å². The first-order chi connectivity index (χ1) is 9.26. The number of aryl methyl sites for hydroxylation is 1. The molecule has 3 nitrogen and oxygen atoms in total. The van der Waals surface area contributed by atoms with Crippen molar-refractivity contribution in [1.29, 1.82) is 0 Å². The third-order valence-corrected chi connectivity index (χ3v) is 3.74. The summed E-state index contributed by atoms with van der Waals surface area (Å²) in [5.74, 6) is -5.81. The Bertz CT molecular complexity index is 527. The third-order valence-electron chi connectivity index (χ3n) is 3.74. The van der Waals surface area contributed by atoms with E-state index in [1.165, 1.54) is 12.1 Å². The molecule has 0 aliphatic heterocycles. The zero-order valence-corrected chi connectivity index (χ0v) is 11.0. The second-order valence-electron chi connectivity index (χ2n) is 5.23. The monoisotopic (exact) mass is 287 g/mol. The molecule has 1 aromatic rings. The van der Waals surface area contributed by atoms with Gasteiger partial charge in [0.25, 0.3) is 5.91 Å². The fourth-order valence-electron chi connectivity index (χ4n) is 2.08. The number of carbonyl (C=O) groups is 1. The van der Waals surface area contributed by atoms with Crippen LogP contribution in [0.5, 0.6) is 0 Å². The fraction of sp³-hybridized carbons (Fsp3) is 0.500. The van der Waals surface area contributed by atoms with Crippen LogP contribution in [0.3, 0.4) is 0 Å². The predicted octanol–water partition coefficient (Wildman–Crippen LogP) is 2.30. The third kappa shape index (κ3) is 2.52. The molecule has 0 radical (unpaired) electrons. The van der Waals surface area contributed by atoms with Crippen molar-refractivity contribution < 1.29 is 23.1 Å². The van der Waals surface area contributed by atoms with Gasteiger partial charge in [-0.3, -0.25) is 4.79 Å².